The standard InChI is InChI=1S/C14H15ClN2OS/c1-4-7-17-11-6-5-10(15)8-12(11)19-14(17)16-13(18)9(2)3/h4-6,8-9H,1,7H2,2-3H3. The Kier molecular flexibility index (Phi) is 4.22. The number of allylic oxidation sites excluding steroid dienone is 1. The lowest BCUT2D eigenvalue weighted by Crippen LogP contribution is -2.17. The number of nitrogens with zero attached hydrogens (tertiary/aromatic N) is 2. The Bertz CT molecular complexity index is 697. The minimum atomic E-state index is -0.115. The molecule has 0 radical (unpaired) electrons. The molecule has 5 heteroatoms. The van der Waals surface area contributed by atoms with E-state index in [0.29, 0.717) is 16.4 Å². The summed E-state index contributed by atoms with van der Waals surface area (Å²) >= 11 is 7.46. The predicted molar refractivity (Wildman–Crippen MR) is 80.4 cm³/mol. The topological polar surface area (TPSA) is 34.4 Å². The van der Waals surface area contributed by atoms with Gasteiger partial charge in [0.25, 0.3) is 5.91 Å². The number of amides is 1. The lowest BCUT2D eigenvalue weighted by Gasteiger charge is -2.01. The fraction of sp³-hybridized carbons (Fsp3) is 0.286. The fourth-order valence-corrected chi connectivity index (χ4v) is 2.98. The summed E-state index contributed by atoms with van der Waals surface area (Å²) in [5, 5.41) is 0.682. The molecule has 2 aromatic rings. The smallest absolute Gasteiger partial charge is 0.250 e. The number of halogens is 1. The van der Waals surface area contributed by atoms with Crippen LogP contribution in [0.2, 0.25) is 5.02 Å². The molecule has 0 unspecified atom stereocenters. The maximum Gasteiger partial charge on any atom is 0.250 e. The van der Waals surface area contributed by atoms with Crippen molar-refractivity contribution in [1.82, 2.24) is 4.57 Å². The highest BCUT2D eigenvalue weighted by atomic mass is 35.5. The first-order valence-corrected chi connectivity index (χ1v) is 7.20. The maximum atomic E-state index is 11.8. The van der Waals surface area contributed by atoms with E-state index in [9.17, 15) is 4.79 Å². The van der Waals surface area contributed by atoms with Gasteiger partial charge in [-0.05, 0) is 18.2 Å². The van der Waals surface area contributed by atoms with Gasteiger partial charge in [0.1, 0.15) is 0 Å². The van der Waals surface area contributed by atoms with Crippen LogP contribution in [-0.2, 0) is 11.3 Å². The van der Waals surface area contributed by atoms with E-state index >= 15 is 0 Å². The molecular formula is C14H15ClN2OS. The molecule has 1 aromatic carbocycles. The van der Waals surface area contributed by atoms with Gasteiger partial charge in [-0.1, -0.05) is 42.9 Å². The van der Waals surface area contributed by atoms with Crippen LogP contribution >= 0.6 is 22.9 Å². The van der Waals surface area contributed by atoms with E-state index in [-0.39, 0.29) is 11.8 Å². The minimum absolute atomic E-state index is 0.106. The van der Waals surface area contributed by atoms with E-state index in [0.717, 1.165) is 10.2 Å². The highest BCUT2D eigenvalue weighted by Crippen LogP contribution is 2.21. The summed E-state index contributed by atoms with van der Waals surface area (Å²) in [6, 6.07) is 5.67. The van der Waals surface area contributed by atoms with Crippen LogP contribution in [0.5, 0.6) is 0 Å². The molecule has 19 heavy (non-hydrogen) atoms. The summed E-state index contributed by atoms with van der Waals surface area (Å²) in [5.74, 6) is -0.221. The zero-order valence-corrected chi connectivity index (χ0v) is 12.5. The van der Waals surface area contributed by atoms with Gasteiger partial charge in [0.05, 0.1) is 10.2 Å². The molecule has 0 spiro atoms. The first kappa shape index (κ1) is 14.0. The Balaban J connectivity index is 2.69. The fourth-order valence-electron chi connectivity index (χ4n) is 1.66. The molecule has 1 heterocycles. The van der Waals surface area contributed by atoms with Crippen molar-refractivity contribution in [3.05, 3.63) is 40.7 Å². The number of carbonyl (C=O) groups excluding carboxylic acids is 1. The molecule has 1 aromatic heterocycles. The van der Waals surface area contributed by atoms with Crippen LogP contribution in [0.25, 0.3) is 10.2 Å². The van der Waals surface area contributed by atoms with Crippen LogP contribution in [0, 0.1) is 5.92 Å². The van der Waals surface area contributed by atoms with Crippen molar-refractivity contribution < 1.29 is 4.79 Å². The van der Waals surface area contributed by atoms with Crippen LogP contribution in [0.3, 0.4) is 0 Å². The second kappa shape index (κ2) is 5.72. The average Bonchev–Trinajstić information content (AvgIpc) is 2.67. The summed E-state index contributed by atoms with van der Waals surface area (Å²) in [6.45, 7) is 8.05. The Morgan fingerprint density at radius 3 is 2.95 bits per heavy atom. The van der Waals surface area contributed by atoms with Gasteiger partial charge in [-0.25, -0.2) is 0 Å². The summed E-state index contributed by atoms with van der Waals surface area (Å²) in [4.78, 5) is 16.7. The second-order valence-corrected chi connectivity index (χ2v) is 5.95. The van der Waals surface area contributed by atoms with Crippen LogP contribution < -0.4 is 4.80 Å². The minimum Gasteiger partial charge on any atom is -0.313 e. The normalized spacial score (nSPS) is 12.3. The van der Waals surface area contributed by atoms with E-state index in [2.05, 4.69) is 11.6 Å². The molecule has 0 bridgehead atoms. The number of hydrogen-bond donors (Lipinski definition) is 0. The molecule has 0 aliphatic heterocycles. The van der Waals surface area contributed by atoms with Gasteiger partial charge < -0.3 is 4.57 Å². The number of aromatic nitrogens is 1. The van der Waals surface area contributed by atoms with E-state index in [1.807, 2.05) is 36.6 Å². The molecule has 3 nitrogen and oxygen atoms in total. The van der Waals surface area contributed by atoms with E-state index < -0.39 is 0 Å². The molecule has 0 saturated carbocycles. The molecule has 2 rings (SSSR count). The van der Waals surface area contributed by atoms with Gasteiger partial charge in [0, 0.05) is 17.5 Å². The largest absolute Gasteiger partial charge is 0.313 e. The zero-order valence-electron chi connectivity index (χ0n) is 10.9. The summed E-state index contributed by atoms with van der Waals surface area (Å²) in [6.07, 6.45) is 1.79. The summed E-state index contributed by atoms with van der Waals surface area (Å²) in [7, 11) is 0. The second-order valence-electron chi connectivity index (χ2n) is 4.50. The number of rotatable bonds is 3. The average molecular weight is 295 g/mol. The van der Waals surface area contributed by atoms with Gasteiger partial charge in [-0.2, -0.15) is 4.99 Å². The number of benzene rings is 1. The Morgan fingerprint density at radius 1 is 1.58 bits per heavy atom. The molecule has 100 valence electrons. The third-order valence-electron chi connectivity index (χ3n) is 2.66. The Labute approximate surface area is 120 Å². The van der Waals surface area contributed by atoms with Gasteiger partial charge >= 0.3 is 0 Å². The molecule has 0 aliphatic carbocycles. The predicted octanol–water partition coefficient (Wildman–Crippen LogP) is 3.63. The van der Waals surface area contributed by atoms with E-state index in [4.69, 9.17) is 11.6 Å². The number of hydrogen-bond acceptors (Lipinski definition) is 2. The van der Waals surface area contributed by atoms with Crippen molar-refractivity contribution in [2.24, 2.45) is 10.9 Å². The first-order chi connectivity index (χ1) is 9.02. The molecule has 0 atom stereocenters. The lowest BCUT2D eigenvalue weighted by atomic mass is 10.2. The van der Waals surface area contributed by atoms with Crippen molar-refractivity contribution in [2.45, 2.75) is 20.4 Å². The van der Waals surface area contributed by atoms with Crippen molar-refractivity contribution >= 4 is 39.1 Å². The van der Waals surface area contributed by atoms with Crippen molar-refractivity contribution in [1.29, 1.82) is 0 Å². The summed E-state index contributed by atoms with van der Waals surface area (Å²) in [5.41, 5.74) is 1.02. The van der Waals surface area contributed by atoms with Gasteiger partial charge in [-0.3, -0.25) is 4.79 Å². The molecular weight excluding hydrogens is 280 g/mol. The third kappa shape index (κ3) is 2.96. The van der Waals surface area contributed by atoms with Crippen LogP contribution in [-0.4, -0.2) is 10.5 Å². The number of carbonyl (C=O) groups is 1. The monoisotopic (exact) mass is 294 g/mol. The van der Waals surface area contributed by atoms with Gasteiger partial charge in [0.15, 0.2) is 4.80 Å². The van der Waals surface area contributed by atoms with Crippen molar-refractivity contribution in [3.63, 3.8) is 0 Å². The highest BCUT2D eigenvalue weighted by molar-refractivity contribution is 7.16. The quantitative estimate of drug-likeness (QED) is 0.796. The molecule has 0 fully saturated rings. The molecule has 1 amide bonds. The first-order valence-electron chi connectivity index (χ1n) is 6.01. The number of thiazole rings is 1. The summed E-state index contributed by atoms with van der Waals surface area (Å²) < 4.78 is 2.99. The third-order valence-corrected chi connectivity index (χ3v) is 3.93. The van der Waals surface area contributed by atoms with Crippen molar-refractivity contribution in [2.75, 3.05) is 0 Å². The maximum absolute atomic E-state index is 11.8. The lowest BCUT2D eigenvalue weighted by molar-refractivity contribution is -0.120. The highest BCUT2D eigenvalue weighted by Gasteiger charge is 2.09. The van der Waals surface area contributed by atoms with Gasteiger partial charge in [-0.15, -0.1) is 6.58 Å². The molecule has 0 aliphatic rings. The zero-order chi connectivity index (χ0) is 14.0. The van der Waals surface area contributed by atoms with E-state index in [1.54, 1.807) is 6.08 Å². The Morgan fingerprint density at radius 2 is 2.32 bits per heavy atom. The molecule has 0 saturated heterocycles. The SMILES string of the molecule is C=CCn1c(=NC(=O)C(C)C)sc2cc(Cl)ccc21. The van der Waals surface area contributed by atoms with Crippen LogP contribution in [0.4, 0.5) is 0 Å². The Hall–Kier alpha value is -1.39. The van der Waals surface area contributed by atoms with Crippen LogP contribution in [0.1, 0.15) is 13.8 Å². The van der Waals surface area contributed by atoms with E-state index in [1.165, 1.54) is 11.3 Å². The van der Waals surface area contributed by atoms with Crippen LogP contribution in [0.15, 0.2) is 35.8 Å². The molecule has 0 N–H and O–H groups in total. The number of fused-ring (bicyclic) bond motifs is 1. The van der Waals surface area contributed by atoms with Gasteiger partial charge in [0.2, 0.25) is 0 Å². The van der Waals surface area contributed by atoms with Crippen molar-refractivity contribution in [3.8, 4) is 0 Å².